The fourth-order valence-electron chi connectivity index (χ4n) is 1.46. The largest absolute Gasteiger partial charge is 0.477 e. The van der Waals surface area contributed by atoms with Crippen LogP contribution in [0.3, 0.4) is 0 Å². The first kappa shape index (κ1) is 13.8. The third-order valence-corrected chi connectivity index (χ3v) is 2.71. The van der Waals surface area contributed by atoms with Crippen LogP contribution >= 0.6 is 11.6 Å². The molecule has 0 aromatic heterocycles. The van der Waals surface area contributed by atoms with Gasteiger partial charge in [-0.25, -0.2) is 4.79 Å². The van der Waals surface area contributed by atoms with Gasteiger partial charge in [0.05, 0.1) is 0 Å². The predicted octanol–water partition coefficient (Wildman–Crippen LogP) is 3.54. The molecule has 0 aliphatic heterocycles. The number of halogens is 1. The zero-order valence-electron chi connectivity index (χ0n) is 10.5. The van der Waals surface area contributed by atoms with Crippen molar-refractivity contribution in [3.63, 3.8) is 0 Å². The number of hydrogen-bond acceptors (Lipinski definition) is 2. The molecule has 0 spiro atoms. The van der Waals surface area contributed by atoms with Gasteiger partial charge in [0.15, 0.2) is 0 Å². The van der Waals surface area contributed by atoms with E-state index in [1.807, 2.05) is 32.9 Å². The zero-order chi connectivity index (χ0) is 13.2. The van der Waals surface area contributed by atoms with Crippen LogP contribution < -0.4 is 4.74 Å². The van der Waals surface area contributed by atoms with Crippen molar-refractivity contribution in [1.82, 2.24) is 0 Å². The van der Waals surface area contributed by atoms with Gasteiger partial charge in [-0.15, -0.1) is 0 Å². The van der Waals surface area contributed by atoms with Gasteiger partial charge in [0.25, 0.3) is 5.06 Å². The zero-order valence-corrected chi connectivity index (χ0v) is 11.2. The van der Waals surface area contributed by atoms with Crippen LogP contribution in [0.1, 0.15) is 37.8 Å². The van der Waals surface area contributed by atoms with Gasteiger partial charge in [-0.1, -0.05) is 37.6 Å². The van der Waals surface area contributed by atoms with Crippen molar-refractivity contribution in [2.75, 3.05) is 0 Å². The van der Waals surface area contributed by atoms with Crippen LogP contribution in [0.15, 0.2) is 18.2 Å². The van der Waals surface area contributed by atoms with Gasteiger partial charge in [-0.2, -0.15) is 0 Å². The minimum atomic E-state index is -1.74. The Morgan fingerprint density at radius 1 is 1.47 bits per heavy atom. The van der Waals surface area contributed by atoms with Crippen LogP contribution in [0, 0.1) is 6.92 Å². The normalized spacial score (nSPS) is 14.5. The first-order valence-corrected chi connectivity index (χ1v) is 5.83. The van der Waals surface area contributed by atoms with Gasteiger partial charge in [0.1, 0.15) is 5.75 Å². The lowest BCUT2D eigenvalue weighted by Gasteiger charge is -2.22. The first-order valence-electron chi connectivity index (χ1n) is 5.46. The van der Waals surface area contributed by atoms with E-state index in [2.05, 4.69) is 0 Å². The van der Waals surface area contributed by atoms with E-state index in [1.165, 1.54) is 6.92 Å². The molecule has 0 saturated heterocycles. The van der Waals surface area contributed by atoms with Crippen molar-refractivity contribution in [1.29, 1.82) is 0 Å². The monoisotopic (exact) mass is 256 g/mol. The Bertz CT molecular complexity index is 425. The highest BCUT2D eigenvalue weighted by molar-refractivity contribution is 6.32. The molecule has 0 heterocycles. The maximum atomic E-state index is 10.9. The molecular weight excluding hydrogens is 240 g/mol. The Balaban J connectivity index is 3.12. The molecule has 0 aliphatic carbocycles. The maximum absolute atomic E-state index is 10.9. The number of aliphatic carboxylic acids is 1. The Morgan fingerprint density at radius 3 is 2.53 bits per heavy atom. The third kappa shape index (κ3) is 3.37. The molecule has 1 unspecified atom stereocenters. The molecule has 0 bridgehead atoms. The summed E-state index contributed by atoms with van der Waals surface area (Å²) in [5.74, 6) is -0.429. The van der Waals surface area contributed by atoms with Gasteiger partial charge in [0, 0.05) is 6.92 Å². The summed E-state index contributed by atoms with van der Waals surface area (Å²) in [6.07, 6.45) is 0. The Kier molecular flexibility index (Phi) is 4.04. The Morgan fingerprint density at radius 2 is 2.06 bits per heavy atom. The van der Waals surface area contributed by atoms with E-state index in [1.54, 1.807) is 6.07 Å². The summed E-state index contributed by atoms with van der Waals surface area (Å²) in [6, 6.07) is 5.71. The molecule has 1 atom stereocenters. The second kappa shape index (κ2) is 4.96. The molecule has 17 heavy (non-hydrogen) atoms. The average Bonchev–Trinajstić information content (AvgIpc) is 2.15. The van der Waals surface area contributed by atoms with Gasteiger partial charge in [-0.05, 0) is 30.0 Å². The van der Waals surface area contributed by atoms with Gasteiger partial charge < -0.3 is 9.84 Å². The molecule has 1 aromatic carbocycles. The Hall–Kier alpha value is -1.22. The van der Waals surface area contributed by atoms with Crippen LogP contribution in [0.4, 0.5) is 0 Å². The number of carboxylic acids is 1. The lowest BCUT2D eigenvalue weighted by molar-refractivity contribution is -0.147. The van der Waals surface area contributed by atoms with Crippen LogP contribution in [0.2, 0.25) is 0 Å². The molecule has 0 radical (unpaired) electrons. The quantitative estimate of drug-likeness (QED) is 0.839. The van der Waals surface area contributed by atoms with Crippen LogP contribution in [-0.4, -0.2) is 16.1 Å². The highest BCUT2D eigenvalue weighted by Crippen LogP contribution is 2.31. The summed E-state index contributed by atoms with van der Waals surface area (Å²) < 4.78 is 5.40. The number of ether oxygens (including phenoxy) is 1. The van der Waals surface area contributed by atoms with E-state index in [-0.39, 0.29) is 5.92 Å². The molecule has 0 saturated carbocycles. The summed E-state index contributed by atoms with van der Waals surface area (Å²) in [4.78, 5) is 10.9. The highest BCUT2D eigenvalue weighted by Gasteiger charge is 2.33. The minimum Gasteiger partial charge on any atom is -0.477 e. The SMILES string of the molecule is Cc1ccc(C(C)C)c(OC(C)(Cl)C(=O)O)c1. The van der Waals surface area contributed by atoms with Gasteiger partial charge in [0.2, 0.25) is 0 Å². The second-order valence-corrected chi connectivity index (χ2v) is 5.24. The molecule has 0 aliphatic rings. The number of carboxylic acid groups (broad SMARTS) is 1. The fourth-order valence-corrected chi connectivity index (χ4v) is 1.54. The van der Waals surface area contributed by atoms with Gasteiger partial charge in [-0.3, -0.25) is 0 Å². The maximum Gasteiger partial charge on any atom is 0.363 e. The summed E-state index contributed by atoms with van der Waals surface area (Å²) in [7, 11) is 0. The smallest absolute Gasteiger partial charge is 0.363 e. The Labute approximate surface area is 106 Å². The van der Waals surface area contributed by atoms with Crippen molar-refractivity contribution in [3.8, 4) is 5.75 Å². The molecule has 0 fully saturated rings. The fraction of sp³-hybridized carbons (Fsp3) is 0.462. The number of aryl methyl sites for hydroxylation is 1. The molecule has 1 N–H and O–H groups in total. The molecular formula is C13H17ClO3. The molecule has 1 rings (SSSR count). The lowest BCUT2D eigenvalue weighted by Crippen LogP contribution is -2.35. The lowest BCUT2D eigenvalue weighted by atomic mass is 10.0. The summed E-state index contributed by atoms with van der Waals surface area (Å²) in [5, 5.41) is 7.21. The summed E-state index contributed by atoms with van der Waals surface area (Å²) >= 11 is 5.81. The van der Waals surface area contributed by atoms with E-state index < -0.39 is 11.0 Å². The van der Waals surface area contributed by atoms with Crippen molar-refractivity contribution in [3.05, 3.63) is 29.3 Å². The van der Waals surface area contributed by atoms with Gasteiger partial charge >= 0.3 is 5.97 Å². The minimum absolute atomic E-state index is 0.242. The molecule has 3 nitrogen and oxygen atoms in total. The second-order valence-electron chi connectivity index (χ2n) is 4.52. The number of rotatable bonds is 4. The van der Waals surface area contributed by atoms with Crippen LogP contribution in [-0.2, 0) is 4.79 Å². The van der Waals surface area contributed by atoms with E-state index in [0.717, 1.165) is 11.1 Å². The number of hydrogen-bond donors (Lipinski definition) is 1. The molecule has 0 amide bonds. The van der Waals surface area contributed by atoms with Crippen LogP contribution in [0.25, 0.3) is 0 Å². The predicted molar refractivity (Wildman–Crippen MR) is 67.8 cm³/mol. The average molecular weight is 257 g/mol. The molecule has 4 heteroatoms. The van der Waals surface area contributed by atoms with Crippen LogP contribution in [0.5, 0.6) is 5.75 Å². The van der Waals surface area contributed by atoms with Crippen molar-refractivity contribution in [2.24, 2.45) is 0 Å². The number of carbonyl (C=O) groups is 1. The van der Waals surface area contributed by atoms with E-state index >= 15 is 0 Å². The summed E-state index contributed by atoms with van der Waals surface area (Å²) in [6.45, 7) is 7.28. The topological polar surface area (TPSA) is 46.5 Å². The highest BCUT2D eigenvalue weighted by atomic mass is 35.5. The standard InChI is InChI=1S/C13H17ClO3/c1-8(2)10-6-5-9(3)7-11(10)17-13(4,14)12(15)16/h5-8H,1-4H3,(H,15,16). The van der Waals surface area contributed by atoms with E-state index in [9.17, 15) is 4.79 Å². The van der Waals surface area contributed by atoms with Crippen molar-refractivity contribution >= 4 is 17.6 Å². The molecule has 94 valence electrons. The summed E-state index contributed by atoms with van der Waals surface area (Å²) in [5.41, 5.74) is 1.95. The van der Waals surface area contributed by atoms with Crippen molar-refractivity contribution in [2.45, 2.75) is 38.7 Å². The van der Waals surface area contributed by atoms with E-state index in [0.29, 0.717) is 5.75 Å². The third-order valence-electron chi connectivity index (χ3n) is 2.47. The van der Waals surface area contributed by atoms with Crippen molar-refractivity contribution < 1.29 is 14.6 Å². The van der Waals surface area contributed by atoms with E-state index in [4.69, 9.17) is 21.4 Å². The first-order chi connectivity index (χ1) is 7.74. The number of alkyl halides is 1. The number of benzene rings is 1. The molecule has 1 aromatic rings.